The number of phosphoric acid groups is 1. The number of nitrogens with one attached hydrogen (secondary N) is 1. The highest BCUT2D eigenvalue weighted by Gasteiger charge is 2.27. The molecule has 0 aliphatic rings. The standard InChI is InChI=1S/C41H79N2O6P/c1-6-8-10-12-14-16-17-18-19-20-21-22-23-24-25-27-29-31-33-35-41(45)42-39(38-49-50(46,47)48-37-36-43(3,4)5)40(44)34-32-30-28-26-15-13-11-9-7-2/h18-19,28,30,32,34,39-40,44H,6-17,20-27,29,31,33,35-38H2,1-5H3,(H-,42,45,46,47)/p+1/b19-18+,30-28+,34-32+/t39-,40+/m0/s1. The molecule has 0 rings (SSSR count). The maximum absolute atomic E-state index is 12.8. The summed E-state index contributed by atoms with van der Waals surface area (Å²) < 4.78 is 23.4. The van der Waals surface area contributed by atoms with Crippen molar-refractivity contribution in [3.8, 4) is 0 Å². The van der Waals surface area contributed by atoms with Gasteiger partial charge in [0, 0.05) is 6.42 Å². The zero-order chi connectivity index (χ0) is 37.2. The van der Waals surface area contributed by atoms with E-state index in [-0.39, 0.29) is 19.1 Å². The number of phosphoric ester groups is 1. The van der Waals surface area contributed by atoms with Crippen molar-refractivity contribution >= 4 is 13.7 Å². The lowest BCUT2D eigenvalue weighted by Gasteiger charge is -2.25. The minimum atomic E-state index is -4.34. The molecule has 0 aliphatic carbocycles. The van der Waals surface area contributed by atoms with E-state index in [2.05, 4.69) is 37.4 Å². The number of unbranched alkanes of at least 4 members (excludes halogenated alkanes) is 20. The number of carbonyl (C=O) groups excluding carboxylic acids is 1. The van der Waals surface area contributed by atoms with E-state index in [1.807, 2.05) is 27.2 Å². The van der Waals surface area contributed by atoms with Gasteiger partial charge < -0.3 is 19.8 Å². The Morgan fingerprint density at radius 2 is 1.14 bits per heavy atom. The number of aliphatic hydroxyl groups excluding tert-OH is 1. The highest BCUT2D eigenvalue weighted by atomic mass is 31.2. The molecule has 0 aromatic rings. The average molecular weight is 728 g/mol. The second kappa shape index (κ2) is 33.5. The predicted molar refractivity (Wildman–Crippen MR) is 212 cm³/mol. The van der Waals surface area contributed by atoms with Crippen LogP contribution in [0.3, 0.4) is 0 Å². The first-order valence-electron chi connectivity index (χ1n) is 20.4. The predicted octanol–water partition coefficient (Wildman–Crippen LogP) is 10.7. The normalized spacial score (nSPS) is 14.9. The van der Waals surface area contributed by atoms with Crippen LogP contribution in [0.1, 0.15) is 168 Å². The molecule has 1 unspecified atom stereocenters. The van der Waals surface area contributed by atoms with Crippen LogP contribution in [0.5, 0.6) is 0 Å². The largest absolute Gasteiger partial charge is 0.472 e. The molecule has 0 fully saturated rings. The Kier molecular flexibility index (Phi) is 32.7. The topological polar surface area (TPSA) is 105 Å². The number of aliphatic hydroxyl groups is 1. The summed E-state index contributed by atoms with van der Waals surface area (Å²) >= 11 is 0. The van der Waals surface area contributed by atoms with Gasteiger partial charge in [0.05, 0.1) is 39.9 Å². The van der Waals surface area contributed by atoms with E-state index >= 15 is 0 Å². The maximum Gasteiger partial charge on any atom is 0.472 e. The number of hydrogen-bond acceptors (Lipinski definition) is 5. The fraction of sp³-hybridized carbons (Fsp3) is 0.829. The van der Waals surface area contributed by atoms with E-state index in [0.717, 1.165) is 32.1 Å². The van der Waals surface area contributed by atoms with Crippen LogP contribution in [-0.4, -0.2) is 73.4 Å². The summed E-state index contributed by atoms with van der Waals surface area (Å²) in [5, 5.41) is 13.7. The third-order valence-corrected chi connectivity index (χ3v) is 9.87. The van der Waals surface area contributed by atoms with Crippen LogP contribution in [-0.2, 0) is 18.4 Å². The maximum atomic E-state index is 12.8. The number of quaternary nitrogens is 1. The summed E-state index contributed by atoms with van der Waals surface area (Å²) in [6, 6.07) is -0.875. The number of likely N-dealkylation sites (N-methyl/N-ethyl adjacent to an activating group) is 1. The Morgan fingerprint density at radius 1 is 0.680 bits per heavy atom. The monoisotopic (exact) mass is 728 g/mol. The number of amides is 1. The van der Waals surface area contributed by atoms with Crippen molar-refractivity contribution in [2.45, 2.75) is 180 Å². The molecule has 50 heavy (non-hydrogen) atoms. The van der Waals surface area contributed by atoms with Gasteiger partial charge in [0.25, 0.3) is 0 Å². The van der Waals surface area contributed by atoms with Crippen molar-refractivity contribution in [2.75, 3.05) is 40.9 Å². The molecule has 3 atom stereocenters. The Morgan fingerprint density at radius 3 is 1.64 bits per heavy atom. The first kappa shape index (κ1) is 48.7. The number of carbonyl (C=O) groups is 1. The molecule has 294 valence electrons. The van der Waals surface area contributed by atoms with Crippen LogP contribution < -0.4 is 5.32 Å². The molecule has 0 aliphatic heterocycles. The molecule has 3 N–H and O–H groups in total. The van der Waals surface area contributed by atoms with Crippen LogP contribution in [0, 0.1) is 0 Å². The van der Waals surface area contributed by atoms with Crippen molar-refractivity contribution in [3.05, 3.63) is 36.5 Å². The summed E-state index contributed by atoms with van der Waals surface area (Å²) in [5.41, 5.74) is 0. The molecule has 0 heterocycles. The quantitative estimate of drug-likeness (QED) is 0.0195. The Labute approximate surface area is 308 Å². The van der Waals surface area contributed by atoms with Crippen LogP contribution in [0.15, 0.2) is 36.5 Å². The Bertz CT molecular complexity index is 917. The van der Waals surface area contributed by atoms with Crippen LogP contribution in [0.25, 0.3) is 0 Å². The van der Waals surface area contributed by atoms with E-state index in [1.54, 1.807) is 12.2 Å². The number of rotatable bonds is 36. The van der Waals surface area contributed by atoms with Gasteiger partial charge in [0.2, 0.25) is 5.91 Å². The summed E-state index contributed by atoms with van der Waals surface area (Å²) in [7, 11) is 1.54. The molecule has 1 amide bonds. The molecular formula is C41H80N2O6P+. The number of hydrogen-bond donors (Lipinski definition) is 3. The minimum Gasteiger partial charge on any atom is -0.387 e. The van der Waals surface area contributed by atoms with E-state index in [4.69, 9.17) is 9.05 Å². The van der Waals surface area contributed by atoms with Gasteiger partial charge in [-0.25, -0.2) is 4.57 Å². The van der Waals surface area contributed by atoms with E-state index in [1.165, 1.54) is 116 Å². The van der Waals surface area contributed by atoms with Crippen molar-refractivity contribution in [2.24, 2.45) is 0 Å². The zero-order valence-corrected chi connectivity index (χ0v) is 34.0. The highest BCUT2D eigenvalue weighted by molar-refractivity contribution is 7.47. The molecule has 0 aromatic heterocycles. The van der Waals surface area contributed by atoms with Crippen molar-refractivity contribution in [1.82, 2.24) is 5.32 Å². The van der Waals surface area contributed by atoms with Gasteiger partial charge in [-0.05, 0) is 44.9 Å². The first-order valence-corrected chi connectivity index (χ1v) is 21.9. The summed E-state index contributed by atoms with van der Waals surface area (Å²) in [6.45, 7) is 4.71. The summed E-state index contributed by atoms with van der Waals surface area (Å²) in [6.07, 6.45) is 39.4. The first-order chi connectivity index (χ1) is 24.0. The van der Waals surface area contributed by atoms with Crippen LogP contribution >= 0.6 is 7.82 Å². The van der Waals surface area contributed by atoms with Gasteiger partial charge in [-0.15, -0.1) is 0 Å². The molecule has 0 saturated heterocycles. The lowest BCUT2D eigenvalue weighted by Crippen LogP contribution is -2.45. The molecule has 0 saturated carbocycles. The second-order valence-corrected chi connectivity index (χ2v) is 16.5. The number of allylic oxidation sites excluding steroid dienone is 5. The Balaban J connectivity index is 4.38. The summed E-state index contributed by atoms with van der Waals surface area (Å²) in [4.78, 5) is 23.0. The van der Waals surface area contributed by atoms with Gasteiger partial charge in [0.15, 0.2) is 0 Å². The lowest BCUT2D eigenvalue weighted by molar-refractivity contribution is -0.870. The minimum absolute atomic E-state index is 0.0526. The molecular weight excluding hydrogens is 647 g/mol. The smallest absolute Gasteiger partial charge is 0.387 e. The van der Waals surface area contributed by atoms with Crippen molar-refractivity contribution in [1.29, 1.82) is 0 Å². The van der Waals surface area contributed by atoms with Crippen molar-refractivity contribution in [3.63, 3.8) is 0 Å². The third kappa shape index (κ3) is 35.1. The van der Waals surface area contributed by atoms with Crippen LogP contribution in [0.4, 0.5) is 0 Å². The van der Waals surface area contributed by atoms with E-state index < -0.39 is 20.0 Å². The summed E-state index contributed by atoms with van der Waals surface area (Å²) in [5.74, 6) is -0.201. The van der Waals surface area contributed by atoms with Crippen LogP contribution in [0.2, 0.25) is 0 Å². The number of nitrogens with zero attached hydrogens (tertiary/aromatic N) is 1. The van der Waals surface area contributed by atoms with Crippen molar-refractivity contribution < 1.29 is 32.9 Å². The average Bonchev–Trinajstić information content (AvgIpc) is 3.06. The highest BCUT2D eigenvalue weighted by Crippen LogP contribution is 2.43. The second-order valence-electron chi connectivity index (χ2n) is 15.0. The molecule has 9 heteroatoms. The zero-order valence-electron chi connectivity index (χ0n) is 33.1. The SMILES string of the molecule is CCCCCCC/C=C/C=C/[C@@H](O)[C@H](COP(=O)(O)OCC[N+](C)(C)C)NC(=O)CCCCCCCCCCC/C=C/CCCCCCCC. The molecule has 0 bridgehead atoms. The van der Waals surface area contributed by atoms with Gasteiger partial charge in [-0.2, -0.15) is 0 Å². The van der Waals surface area contributed by atoms with Gasteiger partial charge >= 0.3 is 7.82 Å². The molecule has 0 spiro atoms. The van der Waals surface area contributed by atoms with Gasteiger partial charge in [-0.3, -0.25) is 13.8 Å². The molecule has 0 radical (unpaired) electrons. The molecule has 0 aromatic carbocycles. The molecule has 8 nitrogen and oxygen atoms in total. The fourth-order valence-electron chi connectivity index (χ4n) is 5.56. The fourth-order valence-corrected chi connectivity index (χ4v) is 6.30. The lowest BCUT2D eigenvalue weighted by atomic mass is 10.0. The van der Waals surface area contributed by atoms with E-state index in [9.17, 15) is 19.4 Å². The van der Waals surface area contributed by atoms with Gasteiger partial charge in [0.1, 0.15) is 13.2 Å². The Hall–Kier alpha value is -1.28. The van der Waals surface area contributed by atoms with E-state index in [0.29, 0.717) is 17.4 Å². The van der Waals surface area contributed by atoms with Gasteiger partial charge in [-0.1, -0.05) is 153 Å². The third-order valence-electron chi connectivity index (χ3n) is 8.89.